The molecule has 0 unspecified atom stereocenters. The summed E-state index contributed by atoms with van der Waals surface area (Å²) < 4.78 is 6.62. The van der Waals surface area contributed by atoms with Crippen LogP contribution >= 0.6 is 0 Å². The number of hydrogen-bond donors (Lipinski definition) is 0. The fourth-order valence-corrected chi connectivity index (χ4v) is 7.57. The van der Waals surface area contributed by atoms with Crippen LogP contribution in [0.25, 0.3) is 22.3 Å². The van der Waals surface area contributed by atoms with Crippen molar-refractivity contribution in [3.8, 4) is 33.8 Å². The summed E-state index contributed by atoms with van der Waals surface area (Å²) in [7, 11) is 0. The Hall–Kier alpha value is -5.86. The summed E-state index contributed by atoms with van der Waals surface area (Å²) in [5.74, 6) is 1.79. The van der Waals surface area contributed by atoms with Gasteiger partial charge in [0.15, 0.2) is 0 Å². The van der Waals surface area contributed by atoms with Crippen LogP contribution in [-0.2, 0) is 5.41 Å². The normalized spacial score (nSPS) is 13.6. The van der Waals surface area contributed by atoms with E-state index in [1.54, 1.807) is 0 Å². The predicted octanol–water partition coefficient (Wildman–Crippen LogP) is 11.6. The summed E-state index contributed by atoms with van der Waals surface area (Å²) in [4.78, 5) is 2.47. The molecule has 0 fully saturated rings. The molecular weight excluding hydrogens is 558 g/mol. The smallest absolute Gasteiger partial charge is 0.132 e. The van der Waals surface area contributed by atoms with E-state index in [2.05, 4.69) is 182 Å². The van der Waals surface area contributed by atoms with E-state index >= 15 is 0 Å². The molecule has 2 nitrogen and oxygen atoms in total. The van der Waals surface area contributed by atoms with E-state index < -0.39 is 5.41 Å². The third-order valence-corrected chi connectivity index (χ3v) is 9.56. The molecule has 0 saturated carbocycles. The minimum absolute atomic E-state index is 0.578. The molecule has 2 heteroatoms. The van der Waals surface area contributed by atoms with E-state index in [0.717, 1.165) is 34.0 Å². The highest BCUT2D eigenvalue weighted by molar-refractivity contribution is 5.93. The van der Waals surface area contributed by atoms with Crippen LogP contribution in [0.1, 0.15) is 27.8 Å². The average Bonchev–Trinajstić information content (AvgIpc) is 3.12. The topological polar surface area (TPSA) is 12.5 Å². The van der Waals surface area contributed by atoms with Crippen LogP contribution in [0.3, 0.4) is 0 Å². The maximum Gasteiger partial charge on any atom is 0.132 e. The molecule has 9 rings (SSSR count). The number of hydrogen-bond acceptors (Lipinski definition) is 2. The lowest BCUT2D eigenvalue weighted by atomic mass is 9.61. The number of nitrogens with zero attached hydrogens (tertiary/aromatic N) is 1. The molecule has 0 bridgehead atoms. The summed E-state index contributed by atoms with van der Waals surface area (Å²) in [5, 5.41) is 0. The van der Waals surface area contributed by atoms with Crippen LogP contribution in [0.15, 0.2) is 170 Å². The van der Waals surface area contributed by atoms with E-state index in [1.807, 2.05) is 0 Å². The zero-order valence-electron chi connectivity index (χ0n) is 25.5. The molecule has 7 aromatic rings. The third-order valence-electron chi connectivity index (χ3n) is 9.56. The van der Waals surface area contributed by atoms with Crippen molar-refractivity contribution >= 4 is 17.1 Å². The van der Waals surface area contributed by atoms with Gasteiger partial charge in [0.05, 0.1) is 16.8 Å². The van der Waals surface area contributed by atoms with Gasteiger partial charge in [-0.15, -0.1) is 0 Å². The Morgan fingerprint density at radius 3 is 1.67 bits per heavy atom. The number of benzene rings is 7. The first-order valence-corrected chi connectivity index (χ1v) is 15.9. The second kappa shape index (κ2) is 10.4. The summed E-state index contributed by atoms with van der Waals surface area (Å²) in [5.41, 5.74) is 13.7. The lowest BCUT2D eigenvalue weighted by Gasteiger charge is -2.49. The van der Waals surface area contributed by atoms with Gasteiger partial charge in [-0.3, -0.25) is 0 Å². The first kappa shape index (κ1) is 26.5. The quantitative estimate of drug-likeness (QED) is 0.203. The molecule has 0 aromatic heterocycles. The molecular formula is C44H31NO. The Bertz CT molecular complexity index is 2210. The number of fused-ring (bicyclic) bond motifs is 8. The van der Waals surface area contributed by atoms with Gasteiger partial charge in [0, 0.05) is 16.8 Å². The van der Waals surface area contributed by atoms with Crippen molar-refractivity contribution < 1.29 is 4.74 Å². The van der Waals surface area contributed by atoms with Crippen molar-refractivity contribution in [1.29, 1.82) is 0 Å². The molecule has 2 aliphatic rings. The van der Waals surface area contributed by atoms with E-state index in [4.69, 9.17) is 4.74 Å². The van der Waals surface area contributed by atoms with Crippen LogP contribution in [-0.4, -0.2) is 0 Å². The summed E-state index contributed by atoms with van der Waals surface area (Å²) >= 11 is 0. The second-order valence-electron chi connectivity index (χ2n) is 12.2. The first-order valence-electron chi connectivity index (χ1n) is 15.9. The minimum Gasteiger partial charge on any atom is -0.457 e. The fourth-order valence-electron chi connectivity index (χ4n) is 7.57. The van der Waals surface area contributed by atoms with Crippen LogP contribution in [0, 0.1) is 6.92 Å². The number of anilines is 3. The van der Waals surface area contributed by atoms with Gasteiger partial charge in [-0.2, -0.15) is 0 Å². The summed E-state index contributed by atoms with van der Waals surface area (Å²) in [6, 6.07) is 61.3. The molecule has 7 aromatic carbocycles. The van der Waals surface area contributed by atoms with E-state index in [0.29, 0.717) is 0 Å². The Labute approximate surface area is 269 Å². The van der Waals surface area contributed by atoms with Gasteiger partial charge in [0.2, 0.25) is 0 Å². The summed E-state index contributed by atoms with van der Waals surface area (Å²) in [6.07, 6.45) is 0. The second-order valence-corrected chi connectivity index (χ2v) is 12.2. The highest BCUT2D eigenvalue weighted by Gasteiger charge is 2.51. The third kappa shape index (κ3) is 3.90. The van der Waals surface area contributed by atoms with Crippen molar-refractivity contribution in [3.05, 3.63) is 198 Å². The Morgan fingerprint density at radius 1 is 0.413 bits per heavy atom. The lowest BCUT2D eigenvalue weighted by Crippen LogP contribution is -2.39. The van der Waals surface area contributed by atoms with Crippen LogP contribution in [0.4, 0.5) is 17.1 Å². The minimum atomic E-state index is -0.578. The molecule has 0 atom stereocenters. The molecule has 218 valence electrons. The Kier molecular flexibility index (Phi) is 5.97. The monoisotopic (exact) mass is 589 g/mol. The zero-order valence-corrected chi connectivity index (χ0v) is 25.5. The SMILES string of the molecule is Cc1ccc2c(c1)C1(c3ccccc3Oc3ccccc31)c1ccc(-c3ccccc3)cc1N2c1cccc(-c2ccccc2)c1. The highest BCUT2D eigenvalue weighted by atomic mass is 16.5. The van der Waals surface area contributed by atoms with Gasteiger partial charge in [0.25, 0.3) is 0 Å². The van der Waals surface area contributed by atoms with Crippen molar-refractivity contribution in [2.75, 3.05) is 4.90 Å². The number of aryl methyl sites for hydroxylation is 1. The molecule has 46 heavy (non-hydrogen) atoms. The molecule has 2 aliphatic heterocycles. The van der Waals surface area contributed by atoms with Crippen molar-refractivity contribution in [2.45, 2.75) is 12.3 Å². The van der Waals surface area contributed by atoms with Crippen molar-refractivity contribution in [2.24, 2.45) is 0 Å². The van der Waals surface area contributed by atoms with Gasteiger partial charge < -0.3 is 9.64 Å². The van der Waals surface area contributed by atoms with Gasteiger partial charge in [-0.1, -0.05) is 139 Å². The average molecular weight is 590 g/mol. The highest BCUT2D eigenvalue weighted by Crippen LogP contribution is 2.63. The van der Waals surface area contributed by atoms with Gasteiger partial charge in [-0.05, 0) is 76.7 Å². The van der Waals surface area contributed by atoms with Crippen LogP contribution < -0.4 is 9.64 Å². The molecule has 0 N–H and O–H groups in total. The Balaban J connectivity index is 1.40. The molecule has 2 heterocycles. The first-order chi connectivity index (χ1) is 22.7. The Morgan fingerprint density at radius 2 is 1.00 bits per heavy atom. The number of para-hydroxylation sites is 2. The number of rotatable bonds is 3. The van der Waals surface area contributed by atoms with E-state index in [-0.39, 0.29) is 0 Å². The standard InChI is InChI=1S/C44H31NO/c1-30-23-26-40-39(27-30)44(37-19-8-10-21-42(37)46-43-22-11-9-20-38(43)44)36-25-24-34(32-15-6-3-7-16-32)29-41(36)45(40)35-18-12-17-33(28-35)31-13-4-2-5-14-31/h2-29H,1H3. The van der Waals surface area contributed by atoms with Gasteiger partial charge in [0.1, 0.15) is 11.5 Å². The molecule has 1 spiro atoms. The zero-order chi connectivity index (χ0) is 30.7. The maximum absolute atomic E-state index is 6.62. The predicted molar refractivity (Wildman–Crippen MR) is 189 cm³/mol. The summed E-state index contributed by atoms with van der Waals surface area (Å²) in [6.45, 7) is 2.19. The molecule has 0 amide bonds. The van der Waals surface area contributed by atoms with Crippen molar-refractivity contribution in [3.63, 3.8) is 0 Å². The van der Waals surface area contributed by atoms with E-state index in [9.17, 15) is 0 Å². The van der Waals surface area contributed by atoms with E-state index in [1.165, 1.54) is 44.6 Å². The molecule has 0 aliphatic carbocycles. The maximum atomic E-state index is 6.62. The number of ether oxygens (including phenoxy) is 1. The van der Waals surface area contributed by atoms with Crippen molar-refractivity contribution in [1.82, 2.24) is 0 Å². The molecule has 0 radical (unpaired) electrons. The van der Waals surface area contributed by atoms with Gasteiger partial charge in [-0.25, -0.2) is 0 Å². The fraction of sp³-hybridized carbons (Fsp3) is 0.0455. The lowest BCUT2D eigenvalue weighted by molar-refractivity contribution is 0.434. The molecule has 0 saturated heterocycles. The largest absolute Gasteiger partial charge is 0.457 e. The van der Waals surface area contributed by atoms with Gasteiger partial charge >= 0.3 is 0 Å². The van der Waals surface area contributed by atoms with Crippen LogP contribution in [0.2, 0.25) is 0 Å². The van der Waals surface area contributed by atoms with Crippen LogP contribution in [0.5, 0.6) is 11.5 Å².